The molecule has 1 saturated carbocycles. The van der Waals surface area contributed by atoms with Crippen molar-refractivity contribution in [1.82, 2.24) is 15.0 Å². The molecule has 3 aromatic rings. The van der Waals surface area contributed by atoms with Crippen molar-refractivity contribution in [2.75, 3.05) is 10.6 Å². The van der Waals surface area contributed by atoms with Crippen molar-refractivity contribution in [3.8, 4) is 11.3 Å². The lowest BCUT2D eigenvalue weighted by atomic mass is 10.2. The molecule has 2 heterocycles. The number of nitrogens with zero attached hydrogens (tertiary/aromatic N) is 3. The van der Waals surface area contributed by atoms with Crippen LogP contribution in [0, 0.1) is 11.6 Å². The number of hydrogen-bond acceptors (Lipinski definition) is 5. The number of benzene rings is 1. The third-order valence-electron chi connectivity index (χ3n) is 4.57. The molecule has 27 heavy (non-hydrogen) atoms. The van der Waals surface area contributed by atoms with Crippen LogP contribution in [0.2, 0.25) is 0 Å². The molecule has 0 atom stereocenters. The van der Waals surface area contributed by atoms with Crippen molar-refractivity contribution in [3.63, 3.8) is 0 Å². The van der Waals surface area contributed by atoms with Crippen molar-refractivity contribution in [1.29, 1.82) is 0 Å². The van der Waals surface area contributed by atoms with Crippen LogP contribution in [-0.2, 0) is 0 Å². The number of aromatic nitrogens is 3. The SMILES string of the molecule is Fc1ccc(Nc2cc(-c3cccnc3)nc(NC3CCCC3)n2)c(F)c1. The van der Waals surface area contributed by atoms with Crippen LogP contribution in [0.25, 0.3) is 11.3 Å². The first kappa shape index (κ1) is 17.3. The van der Waals surface area contributed by atoms with E-state index in [1.54, 1.807) is 18.5 Å². The van der Waals surface area contributed by atoms with Crippen LogP contribution in [0.1, 0.15) is 25.7 Å². The summed E-state index contributed by atoms with van der Waals surface area (Å²) < 4.78 is 27.2. The van der Waals surface area contributed by atoms with Crippen molar-refractivity contribution in [2.45, 2.75) is 31.7 Å². The molecule has 0 aliphatic heterocycles. The van der Waals surface area contributed by atoms with Gasteiger partial charge in [0.05, 0.1) is 11.4 Å². The van der Waals surface area contributed by atoms with Crippen LogP contribution in [0.3, 0.4) is 0 Å². The molecule has 7 heteroatoms. The number of anilines is 3. The second kappa shape index (κ2) is 7.65. The second-order valence-corrected chi connectivity index (χ2v) is 6.58. The van der Waals surface area contributed by atoms with Gasteiger partial charge in [0, 0.05) is 36.1 Å². The van der Waals surface area contributed by atoms with Crippen molar-refractivity contribution < 1.29 is 8.78 Å². The van der Waals surface area contributed by atoms with Gasteiger partial charge in [0.1, 0.15) is 17.5 Å². The molecule has 2 N–H and O–H groups in total. The predicted molar refractivity (Wildman–Crippen MR) is 101 cm³/mol. The van der Waals surface area contributed by atoms with E-state index in [-0.39, 0.29) is 5.69 Å². The highest BCUT2D eigenvalue weighted by Gasteiger charge is 2.17. The van der Waals surface area contributed by atoms with Crippen molar-refractivity contribution in [3.05, 3.63) is 60.4 Å². The van der Waals surface area contributed by atoms with E-state index in [9.17, 15) is 8.78 Å². The van der Waals surface area contributed by atoms with Crippen molar-refractivity contribution in [2.24, 2.45) is 0 Å². The Labute approximate surface area is 155 Å². The fraction of sp³-hybridized carbons (Fsp3) is 0.250. The third-order valence-corrected chi connectivity index (χ3v) is 4.57. The molecule has 0 spiro atoms. The Kier molecular flexibility index (Phi) is 4.91. The van der Waals surface area contributed by atoms with Crippen LogP contribution >= 0.6 is 0 Å². The number of rotatable bonds is 5. The van der Waals surface area contributed by atoms with E-state index < -0.39 is 11.6 Å². The van der Waals surface area contributed by atoms with Gasteiger partial charge in [0.25, 0.3) is 0 Å². The largest absolute Gasteiger partial charge is 0.351 e. The van der Waals surface area contributed by atoms with Gasteiger partial charge in [-0.3, -0.25) is 4.98 Å². The molecule has 5 nitrogen and oxygen atoms in total. The van der Waals surface area contributed by atoms with Crippen LogP contribution < -0.4 is 10.6 Å². The summed E-state index contributed by atoms with van der Waals surface area (Å²) in [6, 6.07) is 9.17. The lowest BCUT2D eigenvalue weighted by Gasteiger charge is -2.15. The minimum absolute atomic E-state index is 0.152. The van der Waals surface area contributed by atoms with Gasteiger partial charge >= 0.3 is 0 Å². The minimum atomic E-state index is -0.679. The Morgan fingerprint density at radius 2 is 1.85 bits per heavy atom. The highest BCUT2D eigenvalue weighted by molar-refractivity contribution is 5.67. The van der Waals surface area contributed by atoms with E-state index in [1.165, 1.54) is 25.0 Å². The summed E-state index contributed by atoms with van der Waals surface area (Å²) in [5.41, 5.74) is 1.65. The Morgan fingerprint density at radius 3 is 2.59 bits per heavy atom. The zero-order valence-electron chi connectivity index (χ0n) is 14.6. The molecule has 0 radical (unpaired) electrons. The predicted octanol–water partition coefficient (Wildman–Crippen LogP) is 4.91. The maximum Gasteiger partial charge on any atom is 0.225 e. The topological polar surface area (TPSA) is 62.7 Å². The summed E-state index contributed by atoms with van der Waals surface area (Å²) in [5.74, 6) is -0.398. The van der Waals surface area contributed by atoms with Gasteiger partial charge in [-0.15, -0.1) is 0 Å². The van der Waals surface area contributed by atoms with Crippen LogP contribution in [-0.4, -0.2) is 21.0 Å². The van der Waals surface area contributed by atoms with Crippen LogP contribution in [0.4, 0.5) is 26.2 Å². The molecule has 1 aliphatic carbocycles. The summed E-state index contributed by atoms with van der Waals surface area (Å²) in [6.07, 6.45) is 7.93. The summed E-state index contributed by atoms with van der Waals surface area (Å²) in [5, 5.41) is 6.29. The fourth-order valence-electron chi connectivity index (χ4n) is 3.22. The molecule has 1 fully saturated rings. The average Bonchev–Trinajstić information content (AvgIpc) is 3.18. The Morgan fingerprint density at radius 1 is 1.00 bits per heavy atom. The Hall–Kier alpha value is -3.09. The molecule has 4 rings (SSSR count). The fourth-order valence-corrected chi connectivity index (χ4v) is 3.22. The number of halogens is 2. The van der Waals surface area contributed by atoms with Gasteiger partial charge in [-0.2, -0.15) is 4.98 Å². The second-order valence-electron chi connectivity index (χ2n) is 6.58. The van der Waals surface area contributed by atoms with Gasteiger partial charge < -0.3 is 10.6 Å². The van der Waals surface area contributed by atoms with E-state index in [1.807, 2.05) is 12.1 Å². The maximum absolute atomic E-state index is 14.0. The van der Waals surface area contributed by atoms with E-state index >= 15 is 0 Å². The molecule has 1 aromatic carbocycles. The lowest BCUT2D eigenvalue weighted by Crippen LogP contribution is -2.17. The van der Waals surface area contributed by atoms with E-state index in [0.717, 1.165) is 24.5 Å². The monoisotopic (exact) mass is 367 g/mol. The summed E-state index contributed by atoms with van der Waals surface area (Å²) in [6.45, 7) is 0. The van der Waals surface area contributed by atoms with Gasteiger partial charge in [0.15, 0.2) is 0 Å². The smallest absolute Gasteiger partial charge is 0.225 e. The highest BCUT2D eigenvalue weighted by Crippen LogP contribution is 2.27. The summed E-state index contributed by atoms with van der Waals surface area (Å²) in [4.78, 5) is 13.2. The maximum atomic E-state index is 14.0. The molecule has 2 aromatic heterocycles. The van der Waals surface area contributed by atoms with Crippen LogP contribution in [0.15, 0.2) is 48.8 Å². The number of hydrogen-bond donors (Lipinski definition) is 2. The quantitative estimate of drug-likeness (QED) is 0.670. The standard InChI is InChI=1S/C20H19F2N5/c21-14-7-8-17(16(22)10-14)25-19-11-18(13-4-3-9-23-12-13)26-20(27-19)24-15-5-1-2-6-15/h3-4,7-12,15H,1-2,5-6H2,(H2,24,25,26,27). The molecule has 1 aliphatic rings. The molecule has 0 unspecified atom stereocenters. The average molecular weight is 367 g/mol. The first-order valence-corrected chi connectivity index (χ1v) is 8.95. The van der Waals surface area contributed by atoms with E-state index in [2.05, 4.69) is 25.6 Å². The lowest BCUT2D eigenvalue weighted by molar-refractivity contribution is 0.586. The van der Waals surface area contributed by atoms with Gasteiger partial charge in [0.2, 0.25) is 5.95 Å². The van der Waals surface area contributed by atoms with Gasteiger partial charge in [-0.25, -0.2) is 13.8 Å². The Balaban J connectivity index is 1.68. The molecule has 0 amide bonds. The van der Waals surface area contributed by atoms with E-state index in [0.29, 0.717) is 23.5 Å². The zero-order valence-corrected chi connectivity index (χ0v) is 14.6. The van der Waals surface area contributed by atoms with Crippen molar-refractivity contribution >= 4 is 17.5 Å². The Bertz CT molecular complexity index is 927. The number of nitrogens with one attached hydrogen (secondary N) is 2. The normalized spacial score (nSPS) is 14.3. The zero-order chi connectivity index (χ0) is 18.6. The summed E-state index contributed by atoms with van der Waals surface area (Å²) in [7, 11) is 0. The van der Waals surface area contributed by atoms with Gasteiger partial charge in [-0.1, -0.05) is 12.8 Å². The first-order valence-electron chi connectivity index (χ1n) is 8.95. The molecule has 138 valence electrons. The van der Waals surface area contributed by atoms with E-state index in [4.69, 9.17) is 0 Å². The molecule has 0 saturated heterocycles. The number of pyridine rings is 1. The molecule has 0 bridgehead atoms. The minimum Gasteiger partial charge on any atom is -0.351 e. The molecular weight excluding hydrogens is 348 g/mol. The summed E-state index contributed by atoms with van der Waals surface area (Å²) >= 11 is 0. The third kappa shape index (κ3) is 4.19. The highest BCUT2D eigenvalue weighted by atomic mass is 19.1. The van der Waals surface area contributed by atoms with Gasteiger partial charge in [-0.05, 0) is 37.1 Å². The first-order chi connectivity index (χ1) is 13.2. The molecular formula is C20H19F2N5. The van der Waals surface area contributed by atoms with Crippen LogP contribution in [0.5, 0.6) is 0 Å².